The second-order valence-corrected chi connectivity index (χ2v) is 10.6. The van der Waals surface area contributed by atoms with Crippen molar-refractivity contribution in [1.82, 2.24) is 24.5 Å². The van der Waals surface area contributed by atoms with Gasteiger partial charge in [-0.15, -0.1) is 11.3 Å². The van der Waals surface area contributed by atoms with E-state index in [1.54, 1.807) is 6.07 Å². The first-order valence-electron chi connectivity index (χ1n) is 12.2. The Labute approximate surface area is 208 Å². The molecule has 0 bridgehead atoms. The number of hydrogen-bond donors (Lipinski definition) is 2. The molecule has 1 aliphatic heterocycles. The van der Waals surface area contributed by atoms with Crippen LogP contribution in [0.3, 0.4) is 0 Å². The number of carbonyl (C=O) groups is 1. The molecule has 2 N–H and O–H groups in total. The highest BCUT2D eigenvalue weighted by Gasteiger charge is 2.24. The van der Waals surface area contributed by atoms with E-state index in [1.165, 1.54) is 17.8 Å². The quantitative estimate of drug-likeness (QED) is 0.393. The first kappa shape index (κ1) is 23.7. The lowest BCUT2D eigenvalue weighted by atomic mass is 10.1. The van der Waals surface area contributed by atoms with Gasteiger partial charge in [0.25, 0.3) is 5.91 Å². The van der Waals surface area contributed by atoms with Gasteiger partial charge in [0, 0.05) is 25.7 Å². The van der Waals surface area contributed by atoms with E-state index in [1.807, 2.05) is 48.8 Å². The van der Waals surface area contributed by atoms with E-state index in [9.17, 15) is 9.59 Å². The molecule has 8 nitrogen and oxygen atoms in total. The third kappa shape index (κ3) is 4.63. The molecule has 1 atom stereocenters. The molecule has 0 saturated carbocycles. The summed E-state index contributed by atoms with van der Waals surface area (Å²) in [6, 6.07) is 12.0. The smallest absolute Gasteiger partial charge is 0.258 e. The van der Waals surface area contributed by atoms with Crippen molar-refractivity contribution in [2.45, 2.75) is 25.3 Å². The Morgan fingerprint density at radius 1 is 1.20 bits per heavy atom. The normalized spacial score (nSPS) is 16.6. The summed E-state index contributed by atoms with van der Waals surface area (Å²) in [5.74, 6) is 0.399. The number of fused-ring (bicyclic) bond motifs is 5. The van der Waals surface area contributed by atoms with Gasteiger partial charge in [0.15, 0.2) is 5.65 Å². The molecule has 1 aliphatic rings. The number of anilines is 1. The lowest BCUT2D eigenvalue weighted by Crippen LogP contribution is -2.34. The van der Waals surface area contributed by atoms with Crippen LogP contribution in [0.25, 0.3) is 26.1 Å². The Balaban J connectivity index is 1.55. The van der Waals surface area contributed by atoms with Crippen LogP contribution in [0.2, 0.25) is 0 Å². The number of thiazole rings is 1. The topological polar surface area (TPSA) is 82.0 Å². The molecule has 9 heteroatoms. The van der Waals surface area contributed by atoms with Crippen LogP contribution in [0.5, 0.6) is 0 Å². The van der Waals surface area contributed by atoms with Crippen molar-refractivity contribution < 1.29 is 4.79 Å². The summed E-state index contributed by atoms with van der Waals surface area (Å²) < 4.78 is 2.97. The van der Waals surface area contributed by atoms with Crippen LogP contribution in [0, 0.1) is 0 Å². The van der Waals surface area contributed by atoms with Crippen LogP contribution in [-0.4, -0.2) is 78.5 Å². The van der Waals surface area contributed by atoms with Gasteiger partial charge in [-0.3, -0.25) is 14.0 Å². The minimum atomic E-state index is -0.310. The van der Waals surface area contributed by atoms with Crippen LogP contribution in [0.1, 0.15) is 29.6 Å². The van der Waals surface area contributed by atoms with E-state index >= 15 is 0 Å². The summed E-state index contributed by atoms with van der Waals surface area (Å²) in [7, 11) is 6.18. The number of rotatable bonds is 8. The summed E-state index contributed by atoms with van der Waals surface area (Å²) in [4.78, 5) is 36.8. The second-order valence-electron chi connectivity index (χ2n) is 9.53. The molecule has 0 spiro atoms. The van der Waals surface area contributed by atoms with Gasteiger partial charge in [-0.2, -0.15) is 0 Å². The third-order valence-corrected chi connectivity index (χ3v) is 7.96. The molecule has 1 saturated heterocycles. The van der Waals surface area contributed by atoms with Crippen molar-refractivity contribution in [3.8, 4) is 0 Å². The molecule has 35 heavy (non-hydrogen) atoms. The number of amides is 1. The summed E-state index contributed by atoms with van der Waals surface area (Å²) in [6.07, 6.45) is 3.24. The van der Waals surface area contributed by atoms with Gasteiger partial charge >= 0.3 is 0 Å². The summed E-state index contributed by atoms with van der Waals surface area (Å²) in [6.45, 7) is 3.26. The van der Waals surface area contributed by atoms with E-state index in [0.29, 0.717) is 34.3 Å². The largest absolute Gasteiger partial charge is 0.369 e. The molecule has 5 rings (SSSR count). The van der Waals surface area contributed by atoms with E-state index in [4.69, 9.17) is 4.98 Å². The molecule has 0 radical (unpaired) electrons. The molecule has 3 aromatic heterocycles. The average Bonchev–Trinajstić information content (AvgIpc) is 3.42. The molecular weight excluding hydrogens is 460 g/mol. The first-order valence-corrected chi connectivity index (χ1v) is 13.0. The zero-order chi connectivity index (χ0) is 24.5. The molecule has 1 aromatic carbocycles. The number of pyridine rings is 2. The molecule has 1 unspecified atom stereocenters. The Morgan fingerprint density at radius 3 is 2.80 bits per heavy atom. The zero-order valence-corrected chi connectivity index (χ0v) is 21.3. The minimum Gasteiger partial charge on any atom is -0.369 e. The Hall–Kier alpha value is -3.01. The molecule has 1 amide bonds. The van der Waals surface area contributed by atoms with Crippen molar-refractivity contribution in [3.63, 3.8) is 0 Å². The SMILES string of the molecule is CN(C)CCNc1ccc2c(=O)c(C(=O)NCCC3CCCN3C)c3sc4ccccc4n3c2n1. The average molecular weight is 493 g/mol. The highest BCUT2D eigenvalue weighted by molar-refractivity contribution is 7.24. The zero-order valence-electron chi connectivity index (χ0n) is 20.5. The fourth-order valence-electron chi connectivity index (χ4n) is 4.88. The van der Waals surface area contributed by atoms with Crippen LogP contribution in [0.4, 0.5) is 5.82 Å². The fourth-order valence-corrected chi connectivity index (χ4v) is 6.06. The van der Waals surface area contributed by atoms with Crippen molar-refractivity contribution in [3.05, 3.63) is 52.2 Å². The van der Waals surface area contributed by atoms with Crippen LogP contribution in [0.15, 0.2) is 41.2 Å². The Bertz CT molecular complexity index is 1440. The number of nitrogens with zero attached hydrogens (tertiary/aromatic N) is 4. The first-order chi connectivity index (χ1) is 16.9. The molecular formula is C26H32N6O2S. The third-order valence-electron chi connectivity index (χ3n) is 6.82. The predicted octanol–water partition coefficient (Wildman–Crippen LogP) is 3.25. The standard InChI is InChI=1S/C26H32N6O2S/c1-30(2)16-14-27-21-11-10-18-23(33)22(25(34)28-13-12-17-7-6-15-31(17)3)26-32(24(18)29-21)19-8-4-5-9-20(19)35-26/h4-5,8-11,17H,6-7,12-16H2,1-3H3,(H,27,29)(H,28,34). The molecule has 4 heterocycles. The Morgan fingerprint density at radius 2 is 2.03 bits per heavy atom. The van der Waals surface area contributed by atoms with Gasteiger partial charge in [-0.1, -0.05) is 12.1 Å². The predicted molar refractivity (Wildman–Crippen MR) is 144 cm³/mol. The summed E-state index contributed by atoms with van der Waals surface area (Å²) in [5.41, 5.74) is 1.45. The maximum absolute atomic E-state index is 13.6. The monoisotopic (exact) mass is 492 g/mol. The van der Waals surface area contributed by atoms with E-state index in [0.717, 1.165) is 42.7 Å². The number of likely N-dealkylation sites (tertiary alicyclic amines) is 1. The summed E-state index contributed by atoms with van der Waals surface area (Å²) >= 11 is 1.46. The number of hydrogen-bond acceptors (Lipinski definition) is 7. The number of carbonyl (C=O) groups excluding carboxylic acids is 1. The van der Waals surface area contributed by atoms with E-state index in [-0.39, 0.29) is 16.9 Å². The highest BCUT2D eigenvalue weighted by atomic mass is 32.1. The lowest BCUT2D eigenvalue weighted by Gasteiger charge is -2.19. The number of benzene rings is 1. The fraction of sp³-hybridized carbons (Fsp3) is 0.423. The number of aromatic nitrogens is 2. The molecule has 184 valence electrons. The maximum Gasteiger partial charge on any atom is 0.258 e. The van der Waals surface area contributed by atoms with Crippen LogP contribution >= 0.6 is 11.3 Å². The lowest BCUT2D eigenvalue weighted by molar-refractivity contribution is 0.0951. The van der Waals surface area contributed by atoms with Gasteiger partial charge in [0.1, 0.15) is 16.2 Å². The second kappa shape index (κ2) is 9.93. The highest BCUT2D eigenvalue weighted by Crippen LogP contribution is 2.31. The van der Waals surface area contributed by atoms with Crippen molar-refractivity contribution >= 4 is 49.1 Å². The van der Waals surface area contributed by atoms with Crippen LogP contribution < -0.4 is 16.1 Å². The van der Waals surface area contributed by atoms with Gasteiger partial charge in [0.05, 0.1) is 15.6 Å². The minimum absolute atomic E-state index is 0.202. The van der Waals surface area contributed by atoms with Crippen molar-refractivity contribution in [2.75, 3.05) is 52.6 Å². The summed E-state index contributed by atoms with van der Waals surface area (Å²) in [5, 5.41) is 6.82. The number of likely N-dealkylation sites (N-methyl/N-ethyl adjacent to an activating group) is 1. The number of nitrogens with one attached hydrogen (secondary N) is 2. The van der Waals surface area contributed by atoms with Gasteiger partial charge in [0.2, 0.25) is 5.43 Å². The van der Waals surface area contributed by atoms with Gasteiger partial charge < -0.3 is 20.4 Å². The van der Waals surface area contributed by atoms with E-state index in [2.05, 4.69) is 27.5 Å². The molecule has 1 fully saturated rings. The molecule has 4 aromatic rings. The Kier molecular flexibility index (Phi) is 6.73. The van der Waals surface area contributed by atoms with Gasteiger partial charge in [-0.25, -0.2) is 4.98 Å². The van der Waals surface area contributed by atoms with E-state index < -0.39 is 0 Å². The van der Waals surface area contributed by atoms with Crippen molar-refractivity contribution in [2.24, 2.45) is 0 Å². The molecule has 0 aliphatic carbocycles. The van der Waals surface area contributed by atoms with Gasteiger partial charge in [-0.05, 0) is 71.2 Å². The van der Waals surface area contributed by atoms with Crippen molar-refractivity contribution in [1.29, 1.82) is 0 Å². The number of para-hydroxylation sites is 1. The van der Waals surface area contributed by atoms with Crippen LogP contribution in [-0.2, 0) is 0 Å². The maximum atomic E-state index is 13.6.